The van der Waals surface area contributed by atoms with Crippen molar-refractivity contribution in [2.75, 3.05) is 18.6 Å². The number of carbonyl (C=O) groups excluding carboxylic acids is 2. The van der Waals surface area contributed by atoms with Gasteiger partial charge in [-0.15, -0.1) is 0 Å². The lowest BCUT2D eigenvalue weighted by Crippen LogP contribution is -2.50. The van der Waals surface area contributed by atoms with Gasteiger partial charge in [-0.1, -0.05) is 30.3 Å². The highest BCUT2D eigenvalue weighted by molar-refractivity contribution is 6.02. The van der Waals surface area contributed by atoms with Crippen molar-refractivity contribution in [3.63, 3.8) is 0 Å². The van der Waals surface area contributed by atoms with Crippen LogP contribution in [0.2, 0.25) is 0 Å². The van der Waals surface area contributed by atoms with E-state index in [1.807, 2.05) is 30.3 Å². The van der Waals surface area contributed by atoms with Crippen LogP contribution in [0.5, 0.6) is 5.75 Å². The molecule has 0 bridgehead atoms. The van der Waals surface area contributed by atoms with Gasteiger partial charge in [-0.25, -0.2) is 18.4 Å². The molecule has 0 heterocycles. The lowest BCUT2D eigenvalue weighted by Gasteiger charge is -2.32. The molecule has 0 aliphatic heterocycles. The van der Waals surface area contributed by atoms with Gasteiger partial charge in [0.1, 0.15) is 0 Å². The largest absolute Gasteiger partial charge is 0.491 e. The quantitative estimate of drug-likeness (QED) is 0.398. The smallest absolute Gasteiger partial charge is 0.340 e. The Hall–Kier alpha value is -3.16. The monoisotopic (exact) mass is 449 g/mol. The summed E-state index contributed by atoms with van der Waals surface area (Å²) in [5, 5.41) is 0. The van der Waals surface area contributed by atoms with Crippen molar-refractivity contribution < 1.29 is 32.6 Å². The van der Waals surface area contributed by atoms with Gasteiger partial charge in [0.2, 0.25) is 6.04 Å². The Balaban J connectivity index is 2.53. The summed E-state index contributed by atoms with van der Waals surface area (Å²) in [4.78, 5) is 27.1. The number of ether oxygens (including phenoxy) is 3. The molecule has 2 aromatic rings. The number of hydrogen-bond donors (Lipinski definition) is 0. The van der Waals surface area contributed by atoms with Gasteiger partial charge in [0.15, 0.2) is 17.4 Å². The minimum absolute atomic E-state index is 0.0110. The number of esters is 2. The van der Waals surface area contributed by atoms with Gasteiger partial charge >= 0.3 is 11.9 Å². The van der Waals surface area contributed by atoms with Crippen LogP contribution in [0.25, 0.3) is 0 Å². The van der Waals surface area contributed by atoms with Crippen LogP contribution in [0.1, 0.15) is 33.3 Å². The zero-order valence-corrected chi connectivity index (χ0v) is 18.9. The zero-order chi connectivity index (χ0) is 23.8. The van der Waals surface area contributed by atoms with E-state index in [-0.39, 0.29) is 12.2 Å². The Kier molecular flexibility index (Phi) is 8.99. The molecule has 2 rings (SSSR count). The predicted molar refractivity (Wildman–Crippen MR) is 117 cm³/mol. The molecule has 0 spiro atoms. The van der Waals surface area contributed by atoms with Crippen molar-refractivity contribution >= 4 is 17.6 Å². The normalized spacial score (nSPS) is 11.1. The number of hydrogen-bond acceptors (Lipinski definition) is 6. The highest BCUT2D eigenvalue weighted by Gasteiger charge is 2.38. The Labute approximate surface area is 187 Å². The van der Waals surface area contributed by atoms with Crippen LogP contribution in [0, 0.1) is 11.6 Å². The summed E-state index contributed by atoms with van der Waals surface area (Å²) in [6, 6.07) is 9.81. The molecule has 0 fully saturated rings. The van der Waals surface area contributed by atoms with Crippen LogP contribution in [0.4, 0.5) is 14.5 Å². The van der Waals surface area contributed by atoms with Gasteiger partial charge < -0.3 is 19.1 Å². The molecular formula is C24H29F2NO5. The number of nitrogens with zero attached hydrogens (tertiary/aromatic N) is 1. The third-order valence-corrected chi connectivity index (χ3v) is 4.46. The van der Waals surface area contributed by atoms with Gasteiger partial charge in [0.05, 0.1) is 19.3 Å². The van der Waals surface area contributed by atoms with E-state index < -0.39 is 47.6 Å². The van der Waals surface area contributed by atoms with Crippen LogP contribution in [0.15, 0.2) is 42.5 Å². The van der Waals surface area contributed by atoms with E-state index in [0.717, 1.165) is 24.8 Å². The molecule has 8 heteroatoms. The number of carbonyl (C=O) groups is 2. The lowest BCUT2D eigenvalue weighted by atomic mass is 10.1. The van der Waals surface area contributed by atoms with E-state index in [4.69, 9.17) is 14.2 Å². The van der Waals surface area contributed by atoms with Crippen molar-refractivity contribution in [1.29, 1.82) is 0 Å². The van der Waals surface area contributed by atoms with E-state index in [0.29, 0.717) is 6.42 Å². The molecule has 0 N–H and O–H groups in total. The summed E-state index contributed by atoms with van der Waals surface area (Å²) >= 11 is 0. The minimum atomic E-state index is -1.55. The van der Waals surface area contributed by atoms with Crippen molar-refractivity contribution in [3.05, 3.63) is 59.7 Å². The third kappa shape index (κ3) is 6.67. The second kappa shape index (κ2) is 11.5. The lowest BCUT2D eigenvalue weighted by molar-refractivity contribution is -0.161. The first-order chi connectivity index (χ1) is 15.1. The minimum Gasteiger partial charge on any atom is -0.491 e. The average Bonchev–Trinajstić information content (AvgIpc) is 2.70. The predicted octanol–water partition coefficient (Wildman–Crippen LogP) is 4.29. The van der Waals surface area contributed by atoms with E-state index in [2.05, 4.69) is 0 Å². The van der Waals surface area contributed by atoms with Gasteiger partial charge in [0, 0.05) is 24.4 Å². The van der Waals surface area contributed by atoms with Gasteiger partial charge in [-0.3, -0.25) is 0 Å². The van der Waals surface area contributed by atoms with E-state index in [1.54, 1.807) is 27.7 Å². The molecule has 0 unspecified atom stereocenters. The maximum absolute atomic E-state index is 14.5. The Morgan fingerprint density at radius 2 is 1.41 bits per heavy atom. The Morgan fingerprint density at radius 1 is 0.906 bits per heavy atom. The molecule has 0 saturated carbocycles. The topological polar surface area (TPSA) is 65.1 Å². The fourth-order valence-corrected chi connectivity index (χ4v) is 3.15. The summed E-state index contributed by atoms with van der Waals surface area (Å²) in [6.07, 6.45) is -0.606. The summed E-state index contributed by atoms with van der Waals surface area (Å²) in [6.45, 7) is 6.67. The Bertz CT molecular complexity index is 873. The summed E-state index contributed by atoms with van der Waals surface area (Å²) < 4.78 is 44.3. The zero-order valence-electron chi connectivity index (χ0n) is 18.9. The standard InChI is InChI=1S/C24H29F2NO5/c1-15(2)31-23(28)21(24(29)32-16(3)4)27(12-11-17-9-7-6-8-10-17)18-13-19(25)22(30-5)20(26)14-18/h6-10,13-16,21H,11-12H2,1-5H3. The molecule has 0 aromatic heterocycles. The van der Waals surface area contributed by atoms with Crippen LogP contribution in [0.3, 0.4) is 0 Å². The molecule has 0 saturated heterocycles. The van der Waals surface area contributed by atoms with Gasteiger partial charge in [0.25, 0.3) is 0 Å². The van der Waals surface area contributed by atoms with Gasteiger partial charge in [-0.2, -0.15) is 0 Å². The van der Waals surface area contributed by atoms with Crippen LogP contribution in [-0.4, -0.2) is 43.8 Å². The second-order valence-corrected chi connectivity index (χ2v) is 7.75. The molecule has 0 atom stereocenters. The maximum Gasteiger partial charge on any atom is 0.340 e. The van der Waals surface area contributed by atoms with Crippen molar-refractivity contribution in [1.82, 2.24) is 0 Å². The van der Waals surface area contributed by atoms with E-state index in [1.165, 1.54) is 4.90 Å². The first kappa shape index (κ1) is 25.1. The summed E-state index contributed by atoms with van der Waals surface area (Å²) in [5.41, 5.74) is 0.906. The fourth-order valence-electron chi connectivity index (χ4n) is 3.15. The number of benzene rings is 2. The first-order valence-corrected chi connectivity index (χ1v) is 10.4. The van der Waals surface area contributed by atoms with Crippen LogP contribution >= 0.6 is 0 Å². The molecular weight excluding hydrogens is 420 g/mol. The summed E-state index contributed by atoms with van der Waals surface area (Å²) in [5.74, 6) is -4.20. The Morgan fingerprint density at radius 3 is 1.84 bits per heavy atom. The van der Waals surface area contributed by atoms with E-state index in [9.17, 15) is 18.4 Å². The van der Waals surface area contributed by atoms with Crippen molar-refractivity contribution in [2.45, 2.75) is 52.4 Å². The number of anilines is 1. The number of methoxy groups -OCH3 is 1. The summed E-state index contributed by atoms with van der Waals surface area (Å²) in [7, 11) is 1.15. The maximum atomic E-state index is 14.5. The van der Waals surface area contributed by atoms with Crippen molar-refractivity contribution in [2.24, 2.45) is 0 Å². The molecule has 0 aliphatic carbocycles. The van der Waals surface area contributed by atoms with Crippen LogP contribution in [-0.2, 0) is 25.5 Å². The molecule has 174 valence electrons. The van der Waals surface area contributed by atoms with Crippen molar-refractivity contribution in [3.8, 4) is 5.75 Å². The molecule has 0 amide bonds. The van der Waals surface area contributed by atoms with Crippen LogP contribution < -0.4 is 9.64 Å². The highest BCUT2D eigenvalue weighted by atomic mass is 19.1. The van der Waals surface area contributed by atoms with Gasteiger partial charge in [-0.05, 0) is 39.7 Å². The van der Waals surface area contributed by atoms with E-state index >= 15 is 0 Å². The molecule has 32 heavy (non-hydrogen) atoms. The molecule has 0 radical (unpaired) electrons. The molecule has 2 aromatic carbocycles. The first-order valence-electron chi connectivity index (χ1n) is 10.4. The SMILES string of the molecule is COc1c(F)cc(N(CCc2ccccc2)C(C(=O)OC(C)C)C(=O)OC(C)C)cc1F. The third-order valence-electron chi connectivity index (χ3n) is 4.46. The second-order valence-electron chi connectivity index (χ2n) is 7.75. The fraction of sp³-hybridized carbons (Fsp3) is 0.417. The number of rotatable bonds is 10. The highest BCUT2D eigenvalue weighted by Crippen LogP contribution is 2.29. The number of halogens is 2. The average molecular weight is 449 g/mol. The molecule has 0 aliphatic rings. The molecule has 6 nitrogen and oxygen atoms in total.